The van der Waals surface area contributed by atoms with E-state index >= 15 is 0 Å². The SMILES string of the molecule is C.C.Nc1cc(-c2ccccn2)nc2cnccc12.O=C(O)c1cc(-c2ccccn2)nc2cnccc12.[N-]=[N+]=NP(=O)(Oc1ccccc1)Oc1ccccc1. The number of rotatable bonds is 8. The first-order valence-corrected chi connectivity index (χ1v) is 17.8. The van der Waals surface area contributed by atoms with Crippen LogP contribution in [0.3, 0.4) is 0 Å². The fraction of sp³-hybridized carbons (Fsp3) is 0.0488. The smallest absolute Gasteiger partial charge is 0.478 e. The summed E-state index contributed by atoms with van der Waals surface area (Å²) >= 11 is 0. The van der Waals surface area contributed by atoms with Gasteiger partial charge in [-0.2, -0.15) is 0 Å². The Morgan fingerprint density at radius 2 is 1.12 bits per heavy atom. The van der Waals surface area contributed by atoms with Crippen LogP contribution in [0.25, 0.3) is 55.0 Å². The second-order valence-corrected chi connectivity index (χ2v) is 12.6. The minimum atomic E-state index is -3.95. The molecule has 8 rings (SSSR count). The van der Waals surface area contributed by atoms with Crippen LogP contribution in [0, 0.1) is 0 Å². The zero-order valence-corrected chi connectivity index (χ0v) is 29.5. The molecule has 0 saturated carbocycles. The predicted octanol–water partition coefficient (Wildman–Crippen LogP) is 10.5. The lowest BCUT2D eigenvalue weighted by Gasteiger charge is -2.14. The topological polar surface area (TPSA) is 225 Å². The summed E-state index contributed by atoms with van der Waals surface area (Å²) < 4.78 is 22.6. The van der Waals surface area contributed by atoms with Crippen molar-refractivity contribution < 1.29 is 23.5 Å². The Balaban J connectivity index is 0.000000186. The first-order chi connectivity index (χ1) is 26.8. The number of hydrogen-bond acceptors (Lipinski definition) is 11. The van der Waals surface area contributed by atoms with E-state index in [1.807, 2.05) is 36.4 Å². The van der Waals surface area contributed by atoms with E-state index in [9.17, 15) is 14.5 Å². The Morgan fingerprint density at radius 3 is 1.60 bits per heavy atom. The van der Waals surface area contributed by atoms with Gasteiger partial charge in [0.2, 0.25) is 0 Å². The van der Waals surface area contributed by atoms with Gasteiger partial charge in [-0.15, -0.1) is 0 Å². The summed E-state index contributed by atoms with van der Waals surface area (Å²) in [5, 5.41) is 10.8. The molecule has 0 saturated heterocycles. The van der Waals surface area contributed by atoms with Crippen LogP contribution in [-0.2, 0) is 4.57 Å². The summed E-state index contributed by atoms with van der Waals surface area (Å²) in [5.41, 5.74) is 19.4. The molecule has 57 heavy (non-hydrogen) atoms. The van der Waals surface area contributed by atoms with E-state index in [0.717, 1.165) is 22.3 Å². The highest BCUT2D eigenvalue weighted by molar-refractivity contribution is 7.53. The van der Waals surface area contributed by atoms with Crippen LogP contribution < -0.4 is 14.8 Å². The van der Waals surface area contributed by atoms with E-state index in [2.05, 4.69) is 39.7 Å². The molecule has 0 unspecified atom stereocenters. The minimum Gasteiger partial charge on any atom is -0.478 e. The van der Waals surface area contributed by atoms with Gasteiger partial charge in [0.1, 0.15) is 11.5 Å². The van der Waals surface area contributed by atoms with E-state index in [1.54, 1.807) is 116 Å². The quantitative estimate of drug-likeness (QED) is 0.0635. The number of carboxylic acid groups (broad SMARTS) is 1. The van der Waals surface area contributed by atoms with E-state index in [0.29, 0.717) is 39.5 Å². The molecule has 16 heteroatoms. The Hall–Kier alpha value is -7.73. The standard InChI is InChI=1S/C14H9N3O2.C13H10N4.C12H10N3O3P.2CH4/c18-14(19)10-7-12(11-3-1-2-5-16-11)17-13-8-15-6-4-9(10)13;14-10-7-12(11-3-1-2-5-16-11)17-13-8-15-6-4-9(10)13;13-14-15-19(16,17-11-7-3-1-4-8-11)18-12-9-5-2-6-10-12;;/h1-8H,(H,18,19);1-8H,(H2,14,17);1-10H;2*1H4. The van der Waals surface area contributed by atoms with Gasteiger partial charge in [-0.25, -0.2) is 19.3 Å². The highest BCUT2D eigenvalue weighted by Crippen LogP contribution is 2.50. The Labute approximate surface area is 328 Å². The number of anilines is 1. The number of nitrogens with zero attached hydrogens (tertiary/aromatic N) is 9. The van der Waals surface area contributed by atoms with Gasteiger partial charge in [-0.3, -0.25) is 19.9 Å². The predicted molar refractivity (Wildman–Crippen MR) is 221 cm³/mol. The zero-order valence-electron chi connectivity index (χ0n) is 28.6. The van der Waals surface area contributed by atoms with Crippen LogP contribution in [0.1, 0.15) is 25.2 Å². The molecule has 0 aliphatic heterocycles. The fourth-order valence-electron chi connectivity index (χ4n) is 4.99. The maximum Gasteiger partial charge on any atom is 0.525 e. The number of aromatic nitrogens is 6. The molecule has 0 aliphatic rings. The normalized spacial score (nSPS) is 10.1. The highest BCUT2D eigenvalue weighted by Gasteiger charge is 2.26. The molecule has 0 atom stereocenters. The zero-order chi connectivity index (χ0) is 38.5. The lowest BCUT2D eigenvalue weighted by Crippen LogP contribution is -2.01. The molecule has 0 bridgehead atoms. The van der Waals surface area contributed by atoms with Crippen molar-refractivity contribution in [2.75, 3.05) is 5.73 Å². The summed E-state index contributed by atoms with van der Waals surface area (Å²) in [6.45, 7) is 0. The molecule has 15 nitrogen and oxygen atoms in total. The number of nitrogens with two attached hydrogens (primary N) is 1. The molecule has 0 aliphatic carbocycles. The van der Waals surface area contributed by atoms with Crippen LogP contribution in [0.2, 0.25) is 0 Å². The molecule has 0 amide bonds. The van der Waals surface area contributed by atoms with Gasteiger partial charge >= 0.3 is 13.7 Å². The van der Waals surface area contributed by atoms with Gasteiger partial charge in [0.25, 0.3) is 0 Å². The summed E-state index contributed by atoms with van der Waals surface area (Å²) in [5.74, 6) is -0.390. The molecule has 0 spiro atoms. The third kappa shape index (κ3) is 11.2. The molecule has 6 heterocycles. The molecule has 2 aromatic carbocycles. The van der Waals surface area contributed by atoms with Crippen molar-refractivity contribution in [1.29, 1.82) is 0 Å². The number of aromatic carboxylic acids is 1. The largest absolute Gasteiger partial charge is 0.525 e. The number of hydrogen-bond donors (Lipinski definition) is 2. The fourth-order valence-corrected chi connectivity index (χ4v) is 5.97. The van der Waals surface area contributed by atoms with E-state index < -0.39 is 13.7 Å². The average molecular weight is 781 g/mol. The van der Waals surface area contributed by atoms with Gasteiger partial charge in [0, 0.05) is 51.0 Å². The molecule has 0 radical (unpaired) electrons. The Kier molecular flexibility index (Phi) is 14.8. The second-order valence-electron chi connectivity index (χ2n) is 11.1. The third-order valence-electron chi connectivity index (χ3n) is 7.42. The van der Waals surface area contributed by atoms with Crippen LogP contribution in [0.4, 0.5) is 5.69 Å². The van der Waals surface area contributed by atoms with Crippen molar-refractivity contribution in [3.63, 3.8) is 0 Å². The first kappa shape index (κ1) is 42.0. The van der Waals surface area contributed by atoms with Gasteiger partial charge < -0.3 is 19.9 Å². The first-order valence-electron chi connectivity index (χ1n) is 16.3. The number of carbonyl (C=O) groups is 1. The van der Waals surface area contributed by atoms with Crippen molar-refractivity contribution in [3.05, 3.63) is 175 Å². The summed E-state index contributed by atoms with van der Waals surface area (Å²) in [6.07, 6.45) is 9.90. The van der Waals surface area contributed by atoms with E-state index in [-0.39, 0.29) is 20.4 Å². The number of para-hydroxylation sites is 2. The molecule has 6 aromatic heterocycles. The summed E-state index contributed by atoms with van der Waals surface area (Å²) in [4.78, 5) is 42.3. The maximum atomic E-state index is 12.3. The van der Waals surface area contributed by atoms with Crippen molar-refractivity contribution >= 4 is 41.2 Å². The molecule has 286 valence electrons. The van der Waals surface area contributed by atoms with Crippen LogP contribution in [0.5, 0.6) is 11.5 Å². The average Bonchev–Trinajstić information content (AvgIpc) is 3.22. The van der Waals surface area contributed by atoms with Crippen molar-refractivity contribution in [2.45, 2.75) is 14.9 Å². The number of carboxylic acids is 1. The molecule has 0 fully saturated rings. The molecule has 8 aromatic rings. The number of nitrogen functional groups attached to an aromatic ring is 1. The number of benzene rings is 2. The Bertz CT molecular complexity index is 2590. The Morgan fingerprint density at radius 1 is 0.649 bits per heavy atom. The number of azide groups is 1. The molecular weight excluding hydrogens is 743 g/mol. The number of fused-ring (bicyclic) bond motifs is 2. The lowest BCUT2D eigenvalue weighted by molar-refractivity contribution is 0.0699. The van der Waals surface area contributed by atoms with Gasteiger partial charge in [-0.1, -0.05) is 63.4 Å². The van der Waals surface area contributed by atoms with Crippen LogP contribution in [0.15, 0.2) is 163 Å². The molecular formula is C41H37N10O5P. The van der Waals surface area contributed by atoms with Gasteiger partial charge in [0.05, 0.1) is 51.8 Å². The van der Waals surface area contributed by atoms with E-state index in [1.165, 1.54) is 6.07 Å². The lowest BCUT2D eigenvalue weighted by atomic mass is 10.1. The van der Waals surface area contributed by atoms with Crippen molar-refractivity contribution in [3.8, 4) is 34.3 Å². The third-order valence-corrected chi connectivity index (χ3v) is 8.60. The summed E-state index contributed by atoms with van der Waals surface area (Å²) in [6, 6.07) is 34.8. The van der Waals surface area contributed by atoms with Crippen LogP contribution in [-0.4, -0.2) is 41.0 Å². The molecule has 3 N–H and O–H groups in total. The summed E-state index contributed by atoms with van der Waals surface area (Å²) in [7, 11) is -3.95. The van der Waals surface area contributed by atoms with Gasteiger partial charge in [-0.05, 0) is 78.3 Å². The number of pyridine rings is 6. The maximum absolute atomic E-state index is 12.3. The monoisotopic (exact) mass is 780 g/mol. The van der Waals surface area contributed by atoms with Crippen molar-refractivity contribution in [1.82, 2.24) is 29.9 Å². The van der Waals surface area contributed by atoms with E-state index in [4.69, 9.17) is 20.3 Å². The van der Waals surface area contributed by atoms with Gasteiger partial charge in [0.15, 0.2) is 0 Å². The minimum absolute atomic E-state index is 0. The highest BCUT2D eigenvalue weighted by atomic mass is 31.2. The van der Waals surface area contributed by atoms with Crippen molar-refractivity contribution in [2.24, 2.45) is 4.88 Å². The second kappa shape index (κ2) is 20.1. The van der Waals surface area contributed by atoms with Crippen LogP contribution >= 0.6 is 7.75 Å².